The highest BCUT2D eigenvalue weighted by Crippen LogP contribution is 2.29. The van der Waals surface area contributed by atoms with Crippen molar-refractivity contribution < 1.29 is 17.7 Å². The first-order valence-corrected chi connectivity index (χ1v) is 8.92. The summed E-state index contributed by atoms with van der Waals surface area (Å²) in [5.41, 5.74) is 0.0425. The molecule has 0 saturated carbocycles. The number of rotatable bonds is 4. The quantitative estimate of drug-likeness (QED) is 0.639. The van der Waals surface area contributed by atoms with E-state index in [-0.39, 0.29) is 6.54 Å². The average molecular weight is 388 g/mol. The Balaban J connectivity index is 1.48. The van der Waals surface area contributed by atoms with E-state index in [1.807, 2.05) is 6.07 Å². The summed E-state index contributed by atoms with van der Waals surface area (Å²) in [5, 5.41) is 8.41. The van der Waals surface area contributed by atoms with Gasteiger partial charge >= 0.3 is 6.18 Å². The molecular formula is C15H19F3N6OS. The Morgan fingerprint density at radius 1 is 1.35 bits per heavy atom. The monoisotopic (exact) mass is 388 g/mol. The zero-order valence-corrected chi connectivity index (χ0v) is 15.0. The van der Waals surface area contributed by atoms with Crippen molar-refractivity contribution in [3.63, 3.8) is 0 Å². The molecule has 0 unspecified atom stereocenters. The largest absolute Gasteiger partial charge is 0.434 e. The molecule has 26 heavy (non-hydrogen) atoms. The number of hydrogen-bond acceptors (Lipinski definition) is 6. The normalized spacial score (nSPS) is 16.9. The van der Waals surface area contributed by atoms with Gasteiger partial charge in [0.25, 0.3) is 0 Å². The summed E-state index contributed by atoms with van der Waals surface area (Å²) in [7, 11) is 1.66. The minimum atomic E-state index is -4.41. The number of halogens is 3. The summed E-state index contributed by atoms with van der Waals surface area (Å²) < 4.78 is 42.7. The summed E-state index contributed by atoms with van der Waals surface area (Å²) in [6.07, 6.45) is -2.85. The number of nitrogens with one attached hydrogen (secondary N) is 1. The molecular weight excluding hydrogens is 369 g/mol. The van der Waals surface area contributed by atoms with Crippen LogP contribution < -0.4 is 5.32 Å². The molecule has 1 N–H and O–H groups in total. The third-order valence-corrected chi connectivity index (χ3v) is 4.85. The topological polar surface area (TPSA) is 69.8 Å². The molecule has 1 aliphatic heterocycles. The molecule has 0 bridgehead atoms. The minimum absolute atomic E-state index is 0.215. The zero-order valence-electron chi connectivity index (χ0n) is 14.2. The van der Waals surface area contributed by atoms with E-state index in [2.05, 4.69) is 30.2 Å². The molecule has 2 aromatic rings. The second-order valence-corrected chi connectivity index (χ2v) is 6.72. The average Bonchev–Trinajstić information content (AvgIpc) is 3.28. The first-order valence-electron chi connectivity index (χ1n) is 8.04. The smallest absolute Gasteiger partial charge is 0.364 e. The molecule has 2 aromatic heterocycles. The molecule has 0 radical (unpaired) electrons. The third-order valence-electron chi connectivity index (χ3n) is 4.00. The van der Waals surface area contributed by atoms with Gasteiger partial charge in [-0.05, 0) is 0 Å². The highest BCUT2D eigenvalue weighted by atomic mass is 32.1. The molecule has 7 nitrogen and oxygen atoms in total. The van der Waals surface area contributed by atoms with Gasteiger partial charge in [-0.15, -0.1) is 11.3 Å². The maximum absolute atomic E-state index is 12.6. The second kappa shape index (κ2) is 8.04. The highest BCUT2D eigenvalue weighted by molar-refractivity contribution is 7.09. The number of piperazine rings is 1. The number of thiazole rings is 1. The maximum Gasteiger partial charge on any atom is 0.434 e. The Morgan fingerprint density at radius 3 is 2.69 bits per heavy atom. The van der Waals surface area contributed by atoms with Gasteiger partial charge in [0.2, 0.25) is 0 Å². The lowest BCUT2D eigenvalue weighted by molar-refractivity contribution is -0.140. The van der Waals surface area contributed by atoms with Crippen LogP contribution >= 0.6 is 11.3 Å². The number of alkyl halides is 3. The summed E-state index contributed by atoms with van der Waals surface area (Å²) in [5.74, 6) is 0.662. The Labute approximate surface area is 152 Å². The van der Waals surface area contributed by atoms with Gasteiger partial charge in [-0.2, -0.15) is 13.2 Å². The van der Waals surface area contributed by atoms with E-state index in [1.165, 1.54) is 0 Å². The van der Waals surface area contributed by atoms with Gasteiger partial charge in [0.15, 0.2) is 11.7 Å². The minimum Gasteiger partial charge on any atom is -0.364 e. The summed E-state index contributed by atoms with van der Waals surface area (Å²) >= 11 is 0.987. The number of nitrogens with zero attached hydrogens (tertiary/aromatic N) is 5. The predicted octanol–water partition coefficient (Wildman–Crippen LogP) is 2.04. The van der Waals surface area contributed by atoms with E-state index in [0.717, 1.165) is 55.1 Å². The highest BCUT2D eigenvalue weighted by Gasteiger charge is 2.33. The number of aliphatic imine (C=N–C) groups is 1. The first-order chi connectivity index (χ1) is 12.5. The Morgan fingerprint density at radius 2 is 2.12 bits per heavy atom. The van der Waals surface area contributed by atoms with Crippen molar-refractivity contribution in [1.82, 2.24) is 25.3 Å². The van der Waals surface area contributed by atoms with E-state index >= 15 is 0 Å². The summed E-state index contributed by atoms with van der Waals surface area (Å²) in [6.45, 7) is 4.15. The van der Waals surface area contributed by atoms with Gasteiger partial charge in [0, 0.05) is 51.2 Å². The Kier molecular flexibility index (Phi) is 5.77. The van der Waals surface area contributed by atoms with Crippen LogP contribution in [0, 0.1) is 0 Å². The van der Waals surface area contributed by atoms with E-state index < -0.39 is 11.9 Å². The molecule has 0 atom stereocenters. The zero-order chi connectivity index (χ0) is 18.6. The van der Waals surface area contributed by atoms with Crippen LogP contribution in [0.15, 0.2) is 27.2 Å². The van der Waals surface area contributed by atoms with E-state index in [4.69, 9.17) is 4.52 Å². The van der Waals surface area contributed by atoms with E-state index in [0.29, 0.717) is 11.0 Å². The standard InChI is InChI=1S/C15H19F3N6OS/c1-19-14(20-8-13-21-12(10-26-13)15(16,17)18)24-5-3-23(4-6-24)9-11-2-7-25-22-11/h2,7,10H,3-6,8-9H2,1H3,(H,19,20). The molecule has 0 amide bonds. The Bertz CT molecular complexity index is 722. The third kappa shape index (κ3) is 4.73. The fraction of sp³-hybridized carbons (Fsp3) is 0.533. The van der Waals surface area contributed by atoms with Crippen molar-refractivity contribution in [2.75, 3.05) is 33.2 Å². The number of guanidine groups is 1. The van der Waals surface area contributed by atoms with Crippen molar-refractivity contribution in [3.05, 3.63) is 34.1 Å². The van der Waals surface area contributed by atoms with Gasteiger partial charge in [0.05, 0.1) is 12.2 Å². The van der Waals surface area contributed by atoms with Crippen LogP contribution in [0.3, 0.4) is 0 Å². The van der Waals surface area contributed by atoms with Gasteiger partial charge in [-0.3, -0.25) is 9.89 Å². The van der Waals surface area contributed by atoms with Crippen molar-refractivity contribution in [1.29, 1.82) is 0 Å². The summed E-state index contributed by atoms with van der Waals surface area (Å²) in [6, 6.07) is 1.84. The van der Waals surface area contributed by atoms with Gasteiger partial charge < -0.3 is 14.7 Å². The fourth-order valence-corrected chi connectivity index (χ4v) is 3.42. The number of hydrogen-bond donors (Lipinski definition) is 1. The molecule has 11 heteroatoms. The van der Waals surface area contributed by atoms with E-state index in [1.54, 1.807) is 13.3 Å². The van der Waals surface area contributed by atoms with Crippen LogP contribution in [0.1, 0.15) is 16.4 Å². The van der Waals surface area contributed by atoms with Crippen molar-refractivity contribution in [2.45, 2.75) is 19.3 Å². The SMILES string of the molecule is CN=C(NCc1nc(C(F)(F)F)cs1)N1CCN(Cc2ccon2)CC1. The molecule has 1 saturated heterocycles. The predicted molar refractivity (Wildman–Crippen MR) is 90.7 cm³/mol. The lowest BCUT2D eigenvalue weighted by Crippen LogP contribution is -2.52. The molecule has 3 heterocycles. The van der Waals surface area contributed by atoms with Gasteiger partial charge in [0.1, 0.15) is 11.3 Å². The molecule has 1 fully saturated rings. The van der Waals surface area contributed by atoms with Crippen LogP contribution in [0.5, 0.6) is 0 Å². The summed E-state index contributed by atoms with van der Waals surface area (Å²) in [4.78, 5) is 12.2. The van der Waals surface area contributed by atoms with Gasteiger partial charge in [-0.25, -0.2) is 4.98 Å². The molecule has 3 rings (SSSR count). The maximum atomic E-state index is 12.6. The Hall–Kier alpha value is -2.14. The van der Waals surface area contributed by atoms with Crippen LogP contribution in [0.2, 0.25) is 0 Å². The lowest BCUT2D eigenvalue weighted by atomic mass is 10.3. The number of aromatic nitrogens is 2. The molecule has 142 valence electrons. The van der Waals surface area contributed by atoms with Crippen LogP contribution in [-0.4, -0.2) is 59.1 Å². The fourth-order valence-electron chi connectivity index (χ4n) is 2.68. The lowest BCUT2D eigenvalue weighted by Gasteiger charge is -2.36. The van der Waals surface area contributed by atoms with Crippen molar-refractivity contribution in [2.24, 2.45) is 4.99 Å². The molecule has 0 aliphatic carbocycles. The molecule has 0 spiro atoms. The van der Waals surface area contributed by atoms with Crippen LogP contribution in [0.4, 0.5) is 13.2 Å². The van der Waals surface area contributed by atoms with Crippen LogP contribution in [-0.2, 0) is 19.3 Å². The molecule has 1 aliphatic rings. The van der Waals surface area contributed by atoms with Crippen LogP contribution in [0.25, 0.3) is 0 Å². The van der Waals surface area contributed by atoms with E-state index in [9.17, 15) is 13.2 Å². The van der Waals surface area contributed by atoms with Crippen molar-refractivity contribution in [3.8, 4) is 0 Å². The first kappa shape index (κ1) is 18.6. The van der Waals surface area contributed by atoms with Gasteiger partial charge in [-0.1, -0.05) is 5.16 Å². The molecule has 0 aromatic carbocycles. The second-order valence-electron chi connectivity index (χ2n) is 5.78. The van der Waals surface area contributed by atoms with Crippen molar-refractivity contribution >= 4 is 17.3 Å².